The molecular formula is C18H11ClFN3O2. The second-order valence-corrected chi connectivity index (χ2v) is 5.76. The monoisotopic (exact) mass is 355 g/mol. The molecule has 0 amide bonds. The molecule has 7 heteroatoms. The average molecular weight is 356 g/mol. The summed E-state index contributed by atoms with van der Waals surface area (Å²) < 4.78 is 24.9. The van der Waals surface area contributed by atoms with E-state index < -0.39 is 5.82 Å². The van der Waals surface area contributed by atoms with Crippen LogP contribution in [0.5, 0.6) is 0 Å². The van der Waals surface area contributed by atoms with Crippen LogP contribution in [0, 0.1) is 12.7 Å². The van der Waals surface area contributed by atoms with Gasteiger partial charge in [-0.15, -0.1) is 0 Å². The third-order valence-electron chi connectivity index (χ3n) is 3.73. The molecule has 2 aromatic heterocycles. The molecule has 2 aromatic carbocycles. The highest BCUT2D eigenvalue weighted by Crippen LogP contribution is 2.38. The molecule has 4 aromatic rings. The van der Waals surface area contributed by atoms with Crippen molar-refractivity contribution in [2.75, 3.05) is 0 Å². The van der Waals surface area contributed by atoms with E-state index in [0.717, 1.165) is 5.56 Å². The number of hydrogen-bond acceptors (Lipinski definition) is 5. The summed E-state index contributed by atoms with van der Waals surface area (Å²) in [6, 6.07) is 13.8. The Morgan fingerprint density at radius 2 is 1.72 bits per heavy atom. The molecule has 25 heavy (non-hydrogen) atoms. The Bertz CT molecular complexity index is 1020. The zero-order chi connectivity index (χ0) is 17.4. The largest absolute Gasteiger partial charge is 0.360 e. The lowest BCUT2D eigenvalue weighted by molar-refractivity contribution is 0.397. The first kappa shape index (κ1) is 15.5. The predicted octanol–water partition coefficient (Wildman–Crippen LogP) is 5.16. The molecule has 0 N–H and O–H groups in total. The lowest BCUT2D eigenvalue weighted by atomic mass is 10.1. The van der Waals surface area contributed by atoms with Gasteiger partial charge in [0, 0.05) is 5.56 Å². The van der Waals surface area contributed by atoms with Crippen LogP contribution in [0.15, 0.2) is 57.6 Å². The maximum atomic E-state index is 14.3. The smallest absolute Gasteiger partial charge is 0.264 e. The minimum absolute atomic E-state index is 0.135. The van der Waals surface area contributed by atoms with Crippen LogP contribution in [-0.2, 0) is 0 Å². The molecular weight excluding hydrogens is 345 g/mol. The molecule has 0 unspecified atom stereocenters. The van der Waals surface area contributed by atoms with Gasteiger partial charge in [-0.1, -0.05) is 58.3 Å². The van der Waals surface area contributed by atoms with E-state index >= 15 is 0 Å². The van der Waals surface area contributed by atoms with Gasteiger partial charge in [0.05, 0.1) is 10.6 Å². The fourth-order valence-corrected chi connectivity index (χ4v) is 2.80. The highest BCUT2D eigenvalue weighted by atomic mass is 35.5. The minimum Gasteiger partial charge on any atom is -0.360 e. The van der Waals surface area contributed by atoms with Crippen molar-refractivity contribution in [2.24, 2.45) is 0 Å². The standard InChI is InChI=1S/C18H11ClFN3O2/c1-10-14(16(22-24-10)15-12(19)8-5-9-13(15)20)18-21-17(23-25-18)11-6-3-2-4-7-11/h2-9H,1H3. The van der Waals surface area contributed by atoms with Crippen LogP contribution in [0.4, 0.5) is 4.39 Å². The predicted molar refractivity (Wildman–Crippen MR) is 90.4 cm³/mol. The van der Waals surface area contributed by atoms with Crippen LogP contribution in [0.1, 0.15) is 5.76 Å². The molecule has 0 bridgehead atoms. The number of halogens is 2. The van der Waals surface area contributed by atoms with Gasteiger partial charge >= 0.3 is 0 Å². The van der Waals surface area contributed by atoms with E-state index in [4.69, 9.17) is 20.6 Å². The normalized spacial score (nSPS) is 11.0. The number of aromatic nitrogens is 3. The summed E-state index contributed by atoms with van der Waals surface area (Å²) in [5.74, 6) is 0.524. The highest BCUT2D eigenvalue weighted by molar-refractivity contribution is 6.33. The number of rotatable bonds is 3. The summed E-state index contributed by atoms with van der Waals surface area (Å²) in [6.07, 6.45) is 0. The van der Waals surface area contributed by atoms with E-state index in [2.05, 4.69) is 15.3 Å². The zero-order valence-corrected chi connectivity index (χ0v) is 13.8. The molecule has 5 nitrogen and oxygen atoms in total. The molecule has 0 aliphatic carbocycles. The van der Waals surface area contributed by atoms with Crippen molar-refractivity contribution in [2.45, 2.75) is 6.92 Å². The van der Waals surface area contributed by atoms with E-state index in [0.29, 0.717) is 17.1 Å². The number of hydrogen-bond donors (Lipinski definition) is 0. The summed E-state index contributed by atoms with van der Waals surface area (Å²) in [4.78, 5) is 4.39. The first-order valence-corrected chi connectivity index (χ1v) is 7.83. The van der Waals surface area contributed by atoms with E-state index in [1.165, 1.54) is 12.1 Å². The molecule has 4 rings (SSSR count). The Balaban J connectivity index is 1.86. The second-order valence-electron chi connectivity index (χ2n) is 5.35. The quantitative estimate of drug-likeness (QED) is 0.508. The van der Waals surface area contributed by atoms with E-state index in [1.54, 1.807) is 13.0 Å². The summed E-state index contributed by atoms with van der Waals surface area (Å²) in [6.45, 7) is 1.69. The topological polar surface area (TPSA) is 65.0 Å². The Morgan fingerprint density at radius 1 is 0.920 bits per heavy atom. The molecule has 124 valence electrons. The van der Waals surface area contributed by atoms with Crippen molar-refractivity contribution in [1.29, 1.82) is 0 Å². The van der Waals surface area contributed by atoms with Gasteiger partial charge in [0.1, 0.15) is 22.8 Å². The van der Waals surface area contributed by atoms with Crippen molar-refractivity contribution in [3.63, 3.8) is 0 Å². The minimum atomic E-state index is -0.509. The first-order chi connectivity index (χ1) is 12.1. The van der Waals surface area contributed by atoms with Crippen molar-refractivity contribution < 1.29 is 13.4 Å². The van der Waals surface area contributed by atoms with E-state index in [1.807, 2.05) is 30.3 Å². The van der Waals surface area contributed by atoms with Gasteiger partial charge in [-0.3, -0.25) is 0 Å². The zero-order valence-electron chi connectivity index (χ0n) is 13.0. The molecule has 0 fully saturated rings. The summed E-state index contributed by atoms with van der Waals surface area (Å²) in [5, 5.41) is 8.14. The van der Waals surface area contributed by atoms with Crippen molar-refractivity contribution in [3.05, 3.63) is 65.1 Å². The molecule has 0 saturated heterocycles. The third kappa shape index (κ3) is 2.70. The van der Waals surface area contributed by atoms with Crippen LogP contribution in [0.3, 0.4) is 0 Å². The molecule has 0 saturated carbocycles. The second kappa shape index (κ2) is 6.14. The van der Waals surface area contributed by atoms with Gasteiger partial charge in [0.25, 0.3) is 5.89 Å². The lowest BCUT2D eigenvalue weighted by Gasteiger charge is -2.03. The average Bonchev–Trinajstić information content (AvgIpc) is 3.23. The Kier molecular flexibility index (Phi) is 3.82. The summed E-state index contributed by atoms with van der Waals surface area (Å²) >= 11 is 6.15. The van der Waals surface area contributed by atoms with Gasteiger partial charge in [0.15, 0.2) is 0 Å². The Hall–Kier alpha value is -2.99. The first-order valence-electron chi connectivity index (χ1n) is 7.45. The number of benzene rings is 2. The maximum Gasteiger partial charge on any atom is 0.264 e. The lowest BCUT2D eigenvalue weighted by Crippen LogP contribution is -1.90. The van der Waals surface area contributed by atoms with Crippen molar-refractivity contribution in [1.82, 2.24) is 15.3 Å². The molecule has 0 atom stereocenters. The van der Waals surface area contributed by atoms with Gasteiger partial charge in [-0.05, 0) is 19.1 Å². The van der Waals surface area contributed by atoms with Crippen molar-refractivity contribution in [3.8, 4) is 34.1 Å². The van der Waals surface area contributed by atoms with E-state index in [-0.39, 0.29) is 22.2 Å². The molecule has 0 spiro atoms. The fourth-order valence-electron chi connectivity index (χ4n) is 2.55. The molecule has 0 radical (unpaired) electrons. The summed E-state index contributed by atoms with van der Waals surface area (Å²) in [7, 11) is 0. The Labute approximate surface area is 147 Å². The van der Waals surface area contributed by atoms with Crippen molar-refractivity contribution >= 4 is 11.6 Å². The van der Waals surface area contributed by atoms with Crippen LogP contribution in [-0.4, -0.2) is 15.3 Å². The van der Waals surface area contributed by atoms with Crippen LogP contribution < -0.4 is 0 Å². The van der Waals surface area contributed by atoms with Gasteiger partial charge in [-0.25, -0.2) is 4.39 Å². The highest BCUT2D eigenvalue weighted by Gasteiger charge is 2.25. The number of aryl methyl sites for hydroxylation is 1. The van der Waals surface area contributed by atoms with Crippen LogP contribution in [0.2, 0.25) is 5.02 Å². The summed E-state index contributed by atoms with van der Waals surface area (Å²) in [5.41, 5.74) is 1.58. The van der Waals surface area contributed by atoms with Gasteiger partial charge in [-0.2, -0.15) is 4.98 Å². The van der Waals surface area contributed by atoms with Crippen LogP contribution in [0.25, 0.3) is 34.1 Å². The van der Waals surface area contributed by atoms with E-state index in [9.17, 15) is 4.39 Å². The fraction of sp³-hybridized carbons (Fsp3) is 0.0556. The maximum absolute atomic E-state index is 14.3. The molecule has 0 aliphatic heterocycles. The van der Waals surface area contributed by atoms with Crippen LogP contribution >= 0.6 is 11.6 Å². The Morgan fingerprint density at radius 3 is 2.48 bits per heavy atom. The van der Waals surface area contributed by atoms with Gasteiger partial charge < -0.3 is 9.05 Å². The SMILES string of the molecule is Cc1onc(-c2c(F)cccc2Cl)c1-c1nc(-c2ccccc2)no1. The molecule has 0 aliphatic rings. The third-order valence-corrected chi connectivity index (χ3v) is 4.05. The molecule has 2 heterocycles. The van der Waals surface area contributed by atoms with Gasteiger partial charge in [0.2, 0.25) is 5.82 Å². The number of nitrogens with zero attached hydrogens (tertiary/aromatic N) is 3.